The highest BCUT2D eigenvalue weighted by molar-refractivity contribution is 7.91. The van der Waals surface area contributed by atoms with E-state index < -0.39 is 21.5 Å². The lowest BCUT2D eigenvalue weighted by atomic mass is 10.0. The Morgan fingerprint density at radius 2 is 1.43 bits per heavy atom. The number of fused-ring (bicyclic) bond motifs is 1. The molecule has 1 aromatic heterocycles. The second-order valence-corrected chi connectivity index (χ2v) is 8.48. The van der Waals surface area contributed by atoms with Crippen LogP contribution in [0.4, 0.5) is 8.78 Å². The van der Waals surface area contributed by atoms with E-state index in [9.17, 15) is 17.2 Å². The number of benzene rings is 3. The summed E-state index contributed by atoms with van der Waals surface area (Å²) in [6.45, 7) is 0. The maximum atomic E-state index is 13.4. The highest BCUT2D eigenvalue weighted by Crippen LogP contribution is 2.37. The van der Waals surface area contributed by atoms with Crippen molar-refractivity contribution in [2.75, 3.05) is 0 Å². The van der Waals surface area contributed by atoms with Crippen LogP contribution in [0.3, 0.4) is 0 Å². The van der Waals surface area contributed by atoms with Gasteiger partial charge in [-0.3, -0.25) is 4.98 Å². The van der Waals surface area contributed by atoms with Crippen LogP contribution in [-0.2, 0) is 9.84 Å². The number of sulfone groups is 1. The van der Waals surface area contributed by atoms with E-state index in [4.69, 9.17) is 11.6 Å². The SMILES string of the molecule is O=S(=O)(c1ccc(F)cc1)c1cnc2cc(Cl)ccc2c1-c1ccc(F)cc1. The fraction of sp³-hybridized carbons (Fsp3) is 0. The Hall–Kier alpha value is -2.83. The van der Waals surface area contributed by atoms with Crippen LogP contribution in [-0.4, -0.2) is 13.4 Å². The molecule has 0 atom stereocenters. The number of halogens is 3. The van der Waals surface area contributed by atoms with Gasteiger partial charge in [0.2, 0.25) is 9.84 Å². The molecule has 0 N–H and O–H groups in total. The van der Waals surface area contributed by atoms with Crippen molar-refractivity contribution in [3.8, 4) is 11.1 Å². The van der Waals surface area contributed by atoms with Crippen LogP contribution in [0, 0.1) is 11.6 Å². The summed E-state index contributed by atoms with van der Waals surface area (Å²) in [5.74, 6) is -0.975. The molecule has 0 saturated carbocycles. The molecular weight excluding hydrogens is 404 g/mol. The molecule has 0 saturated heterocycles. The van der Waals surface area contributed by atoms with Gasteiger partial charge in [-0.05, 0) is 54.1 Å². The summed E-state index contributed by atoms with van der Waals surface area (Å²) < 4.78 is 53.2. The molecule has 140 valence electrons. The quantitative estimate of drug-likeness (QED) is 0.405. The van der Waals surface area contributed by atoms with Crippen molar-refractivity contribution in [1.29, 1.82) is 0 Å². The molecule has 0 aliphatic carbocycles. The molecular formula is C21H12ClF2NO2S. The van der Waals surface area contributed by atoms with Crippen LogP contribution in [0.15, 0.2) is 82.7 Å². The van der Waals surface area contributed by atoms with Crippen LogP contribution in [0.2, 0.25) is 5.02 Å². The summed E-state index contributed by atoms with van der Waals surface area (Å²) in [6, 6.07) is 15.0. The second kappa shape index (κ2) is 6.96. The Labute approximate surface area is 165 Å². The smallest absolute Gasteiger partial charge is 0.208 e. The maximum Gasteiger partial charge on any atom is 0.208 e. The van der Waals surface area contributed by atoms with Gasteiger partial charge in [0.15, 0.2) is 0 Å². The van der Waals surface area contributed by atoms with Crippen molar-refractivity contribution in [3.63, 3.8) is 0 Å². The average molecular weight is 416 g/mol. The molecule has 4 rings (SSSR count). The summed E-state index contributed by atoms with van der Waals surface area (Å²) in [5, 5.41) is 1.01. The first kappa shape index (κ1) is 18.5. The van der Waals surface area contributed by atoms with Gasteiger partial charge in [-0.1, -0.05) is 29.8 Å². The highest BCUT2D eigenvalue weighted by atomic mass is 35.5. The van der Waals surface area contributed by atoms with E-state index >= 15 is 0 Å². The van der Waals surface area contributed by atoms with Gasteiger partial charge in [-0.15, -0.1) is 0 Å². The summed E-state index contributed by atoms with van der Waals surface area (Å²) in [4.78, 5) is 4.13. The third-order valence-corrected chi connectivity index (χ3v) is 6.36. The van der Waals surface area contributed by atoms with Crippen molar-refractivity contribution in [1.82, 2.24) is 4.98 Å². The fourth-order valence-corrected chi connectivity index (χ4v) is 4.61. The third kappa shape index (κ3) is 3.25. The largest absolute Gasteiger partial charge is 0.255 e. The molecule has 1 heterocycles. The second-order valence-electron chi connectivity index (χ2n) is 6.12. The van der Waals surface area contributed by atoms with Crippen molar-refractivity contribution in [2.45, 2.75) is 9.79 Å². The molecule has 0 fully saturated rings. The van der Waals surface area contributed by atoms with E-state index in [1.54, 1.807) is 18.2 Å². The van der Waals surface area contributed by atoms with Crippen LogP contribution in [0.1, 0.15) is 0 Å². The number of hydrogen-bond donors (Lipinski definition) is 0. The van der Waals surface area contributed by atoms with Gasteiger partial charge < -0.3 is 0 Å². The molecule has 0 aliphatic heterocycles. The molecule has 3 aromatic carbocycles. The topological polar surface area (TPSA) is 47.0 Å². The summed E-state index contributed by atoms with van der Waals surface area (Å²) in [7, 11) is -4.00. The molecule has 4 aromatic rings. The number of pyridine rings is 1. The van der Waals surface area contributed by atoms with Crippen LogP contribution < -0.4 is 0 Å². The molecule has 3 nitrogen and oxygen atoms in total. The van der Waals surface area contributed by atoms with Crippen molar-refractivity contribution in [2.24, 2.45) is 0 Å². The van der Waals surface area contributed by atoms with Gasteiger partial charge >= 0.3 is 0 Å². The molecule has 7 heteroatoms. The third-order valence-electron chi connectivity index (χ3n) is 4.34. The first-order valence-corrected chi connectivity index (χ1v) is 10.1. The Kier molecular flexibility index (Phi) is 4.61. The Morgan fingerprint density at radius 1 is 0.821 bits per heavy atom. The van der Waals surface area contributed by atoms with Gasteiger partial charge in [0, 0.05) is 22.2 Å². The molecule has 0 amide bonds. The summed E-state index contributed by atoms with van der Waals surface area (Å²) >= 11 is 6.03. The number of aromatic nitrogens is 1. The number of hydrogen-bond acceptors (Lipinski definition) is 3. The minimum atomic E-state index is -4.00. The first-order chi connectivity index (χ1) is 13.4. The predicted molar refractivity (Wildman–Crippen MR) is 104 cm³/mol. The molecule has 0 spiro atoms. The molecule has 0 aliphatic rings. The van der Waals surface area contributed by atoms with Crippen LogP contribution in [0.25, 0.3) is 22.0 Å². The zero-order valence-electron chi connectivity index (χ0n) is 14.2. The van der Waals surface area contributed by atoms with E-state index in [0.29, 0.717) is 27.1 Å². The van der Waals surface area contributed by atoms with Crippen LogP contribution in [0.5, 0.6) is 0 Å². The van der Waals surface area contributed by atoms with E-state index in [2.05, 4.69) is 4.98 Å². The van der Waals surface area contributed by atoms with Gasteiger partial charge in [0.1, 0.15) is 11.6 Å². The monoisotopic (exact) mass is 415 g/mol. The Balaban J connectivity index is 2.05. The molecule has 0 unspecified atom stereocenters. The summed E-state index contributed by atoms with van der Waals surface area (Å²) in [5.41, 5.74) is 1.40. The van der Waals surface area contributed by atoms with E-state index in [1.165, 1.54) is 42.6 Å². The minimum Gasteiger partial charge on any atom is -0.255 e. The van der Waals surface area contributed by atoms with Crippen molar-refractivity contribution in [3.05, 3.63) is 89.6 Å². The minimum absolute atomic E-state index is 0.0551. The lowest BCUT2D eigenvalue weighted by Gasteiger charge is -2.14. The van der Waals surface area contributed by atoms with E-state index in [0.717, 1.165) is 12.1 Å². The Bertz CT molecular complexity index is 1290. The lowest BCUT2D eigenvalue weighted by molar-refractivity contribution is 0.595. The molecule has 0 bridgehead atoms. The lowest BCUT2D eigenvalue weighted by Crippen LogP contribution is -2.06. The standard InChI is InChI=1S/C21H12ClF2NO2S/c22-14-3-10-18-19(11-14)25-12-20(21(18)13-1-4-15(23)5-2-13)28(26,27)17-8-6-16(24)7-9-17/h1-12H. The normalized spacial score (nSPS) is 11.7. The van der Waals surface area contributed by atoms with E-state index in [-0.39, 0.29) is 9.79 Å². The number of nitrogens with zero attached hydrogens (tertiary/aromatic N) is 1. The van der Waals surface area contributed by atoms with Gasteiger partial charge in [-0.25, -0.2) is 17.2 Å². The Morgan fingerprint density at radius 3 is 2.07 bits per heavy atom. The van der Waals surface area contributed by atoms with Crippen LogP contribution >= 0.6 is 11.6 Å². The number of rotatable bonds is 3. The predicted octanol–water partition coefficient (Wildman–Crippen LogP) is 5.67. The maximum absolute atomic E-state index is 13.4. The van der Waals surface area contributed by atoms with Crippen molar-refractivity contribution >= 4 is 32.3 Å². The highest BCUT2D eigenvalue weighted by Gasteiger charge is 2.24. The zero-order chi connectivity index (χ0) is 19.9. The van der Waals surface area contributed by atoms with Crippen molar-refractivity contribution < 1.29 is 17.2 Å². The van der Waals surface area contributed by atoms with Gasteiger partial charge in [0.25, 0.3) is 0 Å². The average Bonchev–Trinajstić information content (AvgIpc) is 2.68. The van der Waals surface area contributed by atoms with E-state index in [1.807, 2.05) is 0 Å². The summed E-state index contributed by atoms with van der Waals surface area (Å²) in [6.07, 6.45) is 1.25. The molecule has 28 heavy (non-hydrogen) atoms. The van der Waals surface area contributed by atoms with Gasteiger partial charge in [-0.2, -0.15) is 0 Å². The first-order valence-electron chi connectivity index (χ1n) is 8.21. The molecule has 0 radical (unpaired) electrons. The zero-order valence-corrected chi connectivity index (χ0v) is 15.8. The fourth-order valence-electron chi connectivity index (χ4n) is 3.01. The van der Waals surface area contributed by atoms with Gasteiger partial charge in [0.05, 0.1) is 15.3 Å².